The van der Waals surface area contributed by atoms with Crippen LogP contribution in [0.5, 0.6) is 0 Å². The number of rotatable bonds is 9. The van der Waals surface area contributed by atoms with Crippen molar-refractivity contribution < 1.29 is 8.42 Å². The van der Waals surface area contributed by atoms with E-state index in [2.05, 4.69) is 10.2 Å². The van der Waals surface area contributed by atoms with Crippen LogP contribution in [0.15, 0.2) is 0 Å². The van der Waals surface area contributed by atoms with Crippen LogP contribution in [-0.2, 0) is 10.2 Å². The first kappa shape index (κ1) is 17.1. The molecule has 0 spiro atoms. The molecule has 0 aromatic carbocycles. The molecule has 2 rings (SSSR count). The van der Waals surface area contributed by atoms with E-state index in [9.17, 15) is 8.42 Å². The number of likely N-dealkylation sites (N-methyl/N-ethyl adjacent to an activating group) is 1. The van der Waals surface area contributed by atoms with Crippen LogP contribution in [0.4, 0.5) is 0 Å². The minimum Gasteiger partial charge on any atom is -0.314 e. The van der Waals surface area contributed by atoms with Crippen LogP contribution >= 0.6 is 0 Å². The lowest BCUT2D eigenvalue weighted by Gasteiger charge is -2.30. The zero-order valence-electron chi connectivity index (χ0n) is 13.6. The van der Waals surface area contributed by atoms with Gasteiger partial charge in [0.05, 0.1) is 0 Å². The Labute approximate surface area is 129 Å². The molecule has 6 nitrogen and oxygen atoms in total. The second-order valence-corrected chi connectivity index (χ2v) is 8.57. The summed E-state index contributed by atoms with van der Waals surface area (Å²) in [5.41, 5.74) is 0. The molecule has 0 aromatic heterocycles. The van der Waals surface area contributed by atoms with E-state index < -0.39 is 10.2 Å². The molecule has 0 amide bonds. The normalized spacial score (nSPS) is 24.3. The van der Waals surface area contributed by atoms with Gasteiger partial charge in [-0.05, 0) is 52.7 Å². The van der Waals surface area contributed by atoms with Gasteiger partial charge in [0.1, 0.15) is 0 Å². The first-order valence-corrected chi connectivity index (χ1v) is 9.42. The molecule has 1 N–H and O–H groups in total. The highest BCUT2D eigenvalue weighted by molar-refractivity contribution is 7.86. The molecule has 1 atom stereocenters. The predicted octanol–water partition coefficient (Wildman–Crippen LogP) is 0.331. The first-order valence-electron chi connectivity index (χ1n) is 8.02. The van der Waals surface area contributed by atoms with Crippen molar-refractivity contribution in [3.63, 3.8) is 0 Å². The third kappa shape index (κ3) is 4.89. The maximum absolute atomic E-state index is 12.7. The van der Waals surface area contributed by atoms with Gasteiger partial charge in [0.25, 0.3) is 10.2 Å². The third-order valence-electron chi connectivity index (χ3n) is 4.25. The summed E-state index contributed by atoms with van der Waals surface area (Å²) in [7, 11) is 2.39. The van der Waals surface area contributed by atoms with E-state index in [4.69, 9.17) is 0 Å². The van der Waals surface area contributed by atoms with E-state index in [1.807, 2.05) is 14.1 Å². The molecular weight excluding hydrogens is 288 g/mol. The van der Waals surface area contributed by atoms with Crippen molar-refractivity contribution in [3.8, 4) is 0 Å². The van der Waals surface area contributed by atoms with Crippen LogP contribution in [0.25, 0.3) is 0 Å². The van der Waals surface area contributed by atoms with Crippen molar-refractivity contribution in [3.05, 3.63) is 0 Å². The average molecular weight is 318 g/mol. The van der Waals surface area contributed by atoms with Gasteiger partial charge in [-0.2, -0.15) is 17.0 Å². The van der Waals surface area contributed by atoms with E-state index in [0.717, 1.165) is 32.4 Å². The van der Waals surface area contributed by atoms with E-state index >= 15 is 0 Å². The van der Waals surface area contributed by atoms with Gasteiger partial charge < -0.3 is 10.2 Å². The van der Waals surface area contributed by atoms with Crippen molar-refractivity contribution in [1.82, 2.24) is 18.8 Å². The maximum Gasteiger partial charge on any atom is 0.282 e. The highest BCUT2D eigenvalue weighted by Crippen LogP contribution is 2.23. The quantitative estimate of drug-likeness (QED) is 0.623. The van der Waals surface area contributed by atoms with Crippen LogP contribution in [0.3, 0.4) is 0 Å². The Morgan fingerprint density at radius 2 is 1.90 bits per heavy atom. The summed E-state index contributed by atoms with van der Waals surface area (Å²) < 4.78 is 28.6. The van der Waals surface area contributed by atoms with E-state index in [1.54, 1.807) is 11.4 Å². The standard InChI is InChI=1S/C14H30N4O2S/c1-16(2)12-14-6-4-11-18(14)21(19,20)17(3)10-5-9-15-13-7-8-13/h13-15H,4-12H2,1-3H3. The topological polar surface area (TPSA) is 55.9 Å². The van der Waals surface area contributed by atoms with Crippen LogP contribution < -0.4 is 5.32 Å². The van der Waals surface area contributed by atoms with Crippen molar-refractivity contribution in [2.75, 3.05) is 47.3 Å². The average Bonchev–Trinajstić information content (AvgIpc) is 3.11. The highest BCUT2D eigenvalue weighted by atomic mass is 32.2. The zero-order valence-corrected chi connectivity index (χ0v) is 14.4. The molecule has 0 radical (unpaired) electrons. The van der Waals surface area contributed by atoms with Crippen molar-refractivity contribution in [2.45, 2.75) is 44.2 Å². The summed E-state index contributed by atoms with van der Waals surface area (Å²) in [6.45, 7) is 2.96. The van der Waals surface area contributed by atoms with Gasteiger partial charge >= 0.3 is 0 Å². The monoisotopic (exact) mass is 318 g/mol. The van der Waals surface area contributed by atoms with Crippen LogP contribution in [0, 0.1) is 0 Å². The second-order valence-electron chi connectivity index (χ2n) is 6.58. The van der Waals surface area contributed by atoms with Gasteiger partial charge in [-0.1, -0.05) is 0 Å². The molecule has 1 saturated heterocycles. The summed E-state index contributed by atoms with van der Waals surface area (Å²) in [6.07, 6.45) is 5.35. The Balaban J connectivity index is 1.82. The highest BCUT2D eigenvalue weighted by Gasteiger charge is 2.36. The minimum atomic E-state index is -3.31. The fraction of sp³-hybridized carbons (Fsp3) is 1.00. The summed E-state index contributed by atoms with van der Waals surface area (Å²) in [6, 6.07) is 0.812. The molecule has 2 aliphatic rings. The molecule has 1 unspecified atom stereocenters. The predicted molar refractivity (Wildman–Crippen MR) is 85.5 cm³/mol. The molecule has 7 heteroatoms. The fourth-order valence-corrected chi connectivity index (χ4v) is 4.53. The molecule has 0 bridgehead atoms. The Hall–Kier alpha value is -0.210. The lowest BCUT2D eigenvalue weighted by molar-refractivity contribution is 0.276. The van der Waals surface area contributed by atoms with Crippen molar-refractivity contribution in [1.29, 1.82) is 0 Å². The summed E-state index contributed by atoms with van der Waals surface area (Å²) in [5.74, 6) is 0. The summed E-state index contributed by atoms with van der Waals surface area (Å²) >= 11 is 0. The SMILES string of the molecule is CN(C)CC1CCCN1S(=O)(=O)N(C)CCCNC1CC1. The van der Waals surface area contributed by atoms with Crippen LogP contribution in [0.1, 0.15) is 32.1 Å². The smallest absolute Gasteiger partial charge is 0.282 e. The Morgan fingerprint density at radius 1 is 1.19 bits per heavy atom. The molecule has 21 heavy (non-hydrogen) atoms. The van der Waals surface area contributed by atoms with Gasteiger partial charge in [-0.25, -0.2) is 0 Å². The molecule has 1 aliphatic carbocycles. The van der Waals surface area contributed by atoms with Gasteiger partial charge in [-0.3, -0.25) is 0 Å². The van der Waals surface area contributed by atoms with Crippen molar-refractivity contribution in [2.24, 2.45) is 0 Å². The second kappa shape index (κ2) is 7.37. The fourth-order valence-electron chi connectivity index (χ4n) is 2.91. The number of hydrogen-bond donors (Lipinski definition) is 1. The van der Waals surface area contributed by atoms with E-state index in [-0.39, 0.29) is 6.04 Å². The molecule has 0 aromatic rings. The number of nitrogens with zero attached hydrogens (tertiary/aromatic N) is 3. The lowest BCUT2D eigenvalue weighted by Crippen LogP contribution is -2.47. The Kier molecular flexibility index (Phi) is 6.02. The molecule has 1 aliphatic heterocycles. The van der Waals surface area contributed by atoms with Gasteiger partial charge in [0.15, 0.2) is 0 Å². The van der Waals surface area contributed by atoms with Crippen molar-refractivity contribution >= 4 is 10.2 Å². The number of nitrogens with one attached hydrogen (secondary N) is 1. The van der Waals surface area contributed by atoms with Crippen LogP contribution in [-0.4, -0.2) is 81.3 Å². The maximum atomic E-state index is 12.7. The summed E-state index contributed by atoms with van der Waals surface area (Å²) in [4.78, 5) is 2.07. The van der Waals surface area contributed by atoms with E-state index in [0.29, 0.717) is 19.1 Å². The number of hydrogen-bond acceptors (Lipinski definition) is 4. The molecule has 124 valence electrons. The first-order chi connectivity index (χ1) is 9.91. The van der Waals surface area contributed by atoms with Crippen LogP contribution in [0.2, 0.25) is 0 Å². The van der Waals surface area contributed by atoms with Gasteiger partial charge in [0, 0.05) is 38.8 Å². The van der Waals surface area contributed by atoms with E-state index in [1.165, 1.54) is 17.1 Å². The zero-order chi connectivity index (χ0) is 15.5. The Bertz CT molecular complexity index is 423. The summed E-state index contributed by atoms with van der Waals surface area (Å²) in [5, 5.41) is 3.43. The van der Waals surface area contributed by atoms with Gasteiger partial charge in [-0.15, -0.1) is 0 Å². The molecule has 1 saturated carbocycles. The molecule has 2 fully saturated rings. The lowest BCUT2D eigenvalue weighted by atomic mass is 10.2. The molecular formula is C14H30N4O2S. The minimum absolute atomic E-state index is 0.122. The molecule has 1 heterocycles. The van der Waals surface area contributed by atoms with Gasteiger partial charge in [0.2, 0.25) is 0 Å². The largest absolute Gasteiger partial charge is 0.314 e. The third-order valence-corrected chi connectivity index (χ3v) is 6.29. The Morgan fingerprint density at radius 3 is 2.52 bits per heavy atom.